The number of aromatic nitrogens is 2. The molecular formula is C24H27N3O3S. The van der Waals surface area contributed by atoms with E-state index < -0.39 is 0 Å². The van der Waals surface area contributed by atoms with Crippen LogP contribution in [0.25, 0.3) is 10.2 Å². The summed E-state index contributed by atoms with van der Waals surface area (Å²) in [4.78, 5) is 37.9. The first kappa shape index (κ1) is 20.2. The molecule has 0 radical (unpaired) electrons. The molecule has 0 spiro atoms. The van der Waals surface area contributed by atoms with Crippen molar-refractivity contribution in [1.82, 2.24) is 14.9 Å². The zero-order valence-electron chi connectivity index (χ0n) is 17.8. The average Bonchev–Trinajstić information content (AvgIpc) is 3.18. The van der Waals surface area contributed by atoms with Crippen molar-refractivity contribution in [3.63, 3.8) is 0 Å². The quantitative estimate of drug-likeness (QED) is 0.673. The van der Waals surface area contributed by atoms with Crippen LogP contribution >= 0.6 is 11.3 Å². The Bertz CT molecular complexity index is 1180. The monoisotopic (exact) mass is 437 g/mol. The van der Waals surface area contributed by atoms with Crippen LogP contribution in [0.2, 0.25) is 0 Å². The second-order valence-corrected chi connectivity index (χ2v) is 9.63. The van der Waals surface area contributed by atoms with E-state index in [1.165, 1.54) is 16.9 Å². The average molecular weight is 438 g/mol. The first-order valence-electron chi connectivity index (χ1n) is 11.1. The van der Waals surface area contributed by atoms with E-state index in [1.807, 2.05) is 29.2 Å². The van der Waals surface area contributed by atoms with Gasteiger partial charge in [0.1, 0.15) is 16.4 Å². The van der Waals surface area contributed by atoms with Crippen molar-refractivity contribution >= 4 is 27.5 Å². The van der Waals surface area contributed by atoms with E-state index >= 15 is 0 Å². The SMILES string of the molecule is COc1cccc(CC(=O)N2CCC[C@@H](c3nc4sc5c(c4c(=O)[nH]3)CCCC5)C2)c1. The van der Waals surface area contributed by atoms with Crippen LogP contribution < -0.4 is 10.3 Å². The normalized spacial score (nSPS) is 18.7. The molecule has 0 unspecified atom stereocenters. The molecule has 1 aliphatic heterocycles. The summed E-state index contributed by atoms with van der Waals surface area (Å²) >= 11 is 1.68. The van der Waals surface area contributed by atoms with Gasteiger partial charge in [0.25, 0.3) is 5.56 Å². The molecule has 6 nitrogen and oxygen atoms in total. The number of carbonyl (C=O) groups excluding carboxylic acids is 1. The molecule has 2 aliphatic rings. The number of aryl methyl sites for hydroxylation is 2. The van der Waals surface area contributed by atoms with Crippen molar-refractivity contribution in [2.24, 2.45) is 0 Å². The van der Waals surface area contributed by atoms with Crippen molar-refractivity contribution in [3.8, 4) is 5.75 Å². The van der Waals surface area contributed by atoms with Gasteiger partial charge >= 0.3 is 0 Å². The minimum atomic E-state index is -0.0146. The lowest BCUT2D eigenvalue weighted by molar-refractivity contribution is -0.131. The van der Waals surface area contributed by atoms with Crippen LogP contribution in [0.5, 0.6) is 5.75 Å². The lowest BCUT2D eigenvalue weighted by atomic mass is 9.95. The van der Waals surface area contributed by atoms with Crippen LogP contribution in [-0.4, -0.2) is 41.0 Å². The van der Waals surface area contributed by atoms with Gasteiger partial charge in [-0.2, -0.15) is 0 Å². The molecular weight excluding hydrogens is 410 g/mol. The predicted octanol–water partition coefficient (Wildman–Crippen LogP) is 3.82. The number of rotatable bonds is 4. The summed E-state index contributed by atoms with van der Waals surface area (Å²) < 4.78 is 5.27. The number of carbonyl (C=O) groups is 1. The Morgan fingerprint density at radius 1 is 1.29 bits per heavy atom. The number of fused-ring (bicyclic) bond motifs is 3. The second-order valence-electron chi connectivity index (χ2n) is 8.55. The lowest BCUT2D eigenvalue weighted by Crippen LogP contribution is -2.40. The van der Waals surface area contributed by atoms with Crippen LogP contribution in [0.3, 0.4) is 0 Å². The number of benzene rings is 1. The number of thiophene rings is 1. The number of hydrogen-bond acceptors (Lipinski definition) is 5. The molecule has 1 N–H and O–H groups in total. The maximum atomic E-state index is 13.0. The van der Waals surface area contributed by atoms with Crippen LogP contribution in [-0.2, 0) is 24.1 Å². The largest absolute Gasteiger partial charge is 0.497 e. The number of likely N-dealkylation sites (tertiary alicyclic amines) is 1. The number of piperidine rings is 1. The number of nitrogens with zero attached hydrogens (tertiary/aromatic N) is 2. The number of methoxy groups -OCH3 is 1. The zero-order valence-corrected chi connectivity index (χ0v) is 18.6. The summed E-state index contributed by atoms with van der Waals surface area (Å²) in [7, 11) is 1.63. The fourth-order valence-electron chi connectivity index (χ4n) is 4.87. The van der Waals surface area contributed by atoms with Crippen LogP contribution in [0.15, 0.2) is 29.1 Å². The van der Waals surface area contributed by atoms with E-state index in [0.29, 0.717) is 13.0 Å². The van der Waals surface area contributed by atoms with Crippen molar-refractivity contribution in [1.29, 1.82) is 0 Å². The molecule has 0 saturated carbocycles. The summed E-state index contributed by atoms with van der Waals surface area (Å²) in [6, 6.07) is 7.65. The molecule has 1 saturated heterocycles. The second kappa shape index (κ2) is 8.46. The highest BCUT2D eigenvalue weighted by atomic mass is 32.1. The molecule has 3 heterocycles. The third-order valence-corrected chi connectivity index (χ3v) is 7.68. The Hall–Kier alpha value is -2.67. The van der Waals surface area contributed by atoms with E-state index in [4.69, 9.17) is 9.72 Å². The molecule has 5 rings (SSSR count). The molecule has 2 aromatic heterocycles. The van der Waals surface area contributed by atoms with Gasteiger partial charge in [0, 0.05) is 23.9 Å². The topological polar surface area (TPSA) is 75.3 Å². The lowest BCUT2D eigenvalue weighted by Gasteiger charge is -2.32. The molecule has 1 fully saturated rings. The highest BCUT2D eigenvalue weighted by Crippen LogP contribution is 2.34. The van der Waals surface area contributed by atoms with Crippen molar-refractivity contribution in [2.45, 2.75) is 50.9 Å². The minimum Gasteiger partial charge on any atom is -0.497 e. The Morgan fingerprint density at radius 3 is 3.03 bits per heavy atom. The highest BCUT2D eigenvalue weighted by molar-refractivity contribution is 7.18. The highest BCUT2D eigenvalue weighted by Gasteiger charge is 2.28. The summed E-state index contributed by atoms with van der Waals surface area (Å²) in [5.74, 6) is 1.66. The first-order valence-corrected chi connectivity index (χ1v) is 11.9. The van der Waals surface area contributed by atoms with Crippen LogP contribution in [0.4, 0.5) is 0 Å². The van der Waals surface area contributed by atoms with Crippen molar-refractivity contribution in [3.05, 3.63) is 56.4 Å². The third-order valence-electron chi connectivity index (χ3n) is 6.49. The van der Waals surface area contributed by atoms with Gasteiger partial charge in [0.15, 0.2) is 0 Å². The van der Waals surface area contributed by atoms with Gasteiger partial charge < -0.3 is 14.6 Å². The number of hydrogen-bond donors (Lipinski definition) is 1. The fraction of sp³-hybridized carbons (Fsp3) is 0.458. The summed E-state index contributed by atoms with van der Waals surface area (Å²) in [5.41, 5.74) is 2.15. The Kier molecular flexibility index (Phi) is 5.52. The maximum Gasteiger partial charge on any atom is 0.259 e. The molecule has 31 heavy (non-hydrogen) atoms. The minimum absolute atomic E-state index is 0.0146. The van der Waals surface area contributed by atoms with Crippen LogP contribution in [0, 0.1) is 0 Å². The van der Waals surface area contributed by atoms with E-state index in [9.17, 15) is 9.59 Å². The predicted molar refractivity (Wildman–Crippen MR) is 122 cm³/mol. The van der Waals surface area contributed by atoms with E-state index in [2.05, 4.69) is 4.98 Å². The zero-order chi connectivity index (χ0) is 21.4. The number of aromatic amines is 1. The molecule has 162 valence electrons. The molecule has 1 aliphatic carbocycles. The molecule has 1 aromatic carbocycles. The molecule has 1 amide bonds. The van der Waals surface area contributed by atoms with Gasteiger partial charge in [-0.15, -0.1) is 11.3 Å². The molecule has 7 heteroatoms. The van der Waals surface area contributed by atoms with E-state index in [-0.39, 0.29) is 17.4 Å². The summed E-state index contributed by atoms with van der Waals surface area (Å²) in [6.07, 6.45) is 6.57. The number of amides is 1. The third kappa shape index (κ3) is 3.99. The first-order chi connectivity index (χ1) is 15.1. The van der Waals surface area contributed by atoms with Gasteiger partial charge in [-0.3, -0.25) is 9.59 Å². The molecule has 1 atom stereocenters. The van der Waals surface area contributed by atoms with Crippen molar-refractivity contribution in [2.75, 3.05) is 20.2 Å². The van der Waals surface area contributed by atoms with Gasteiger partial charge in [-0.05, 0) is 61.8 Å². The van der Waals surface area contributed by atoms with Gasteiger partial charge in [0.05, 0.1) is 18.9 Å². The van der Waals surface area contributed by atoms with Gasteiger partial charge in [-0.25, -0.2) is 4.98 Å². The maximum absolute atomic E-state index is 13.0. The Balaban J connectivity index is 1.35. The van der Waals surface area contributed by atoms with E-state index in [0.717, 1.165) is 66.0 Å². The summed E-state index contributed by atoms with van der Waals surface area (Å²) in [6.45, 7) is 1.35. The number of ether oxygens (including phenoxy) is 1. The van der Waals surface area contributed by atoms with Crippen LogP contribution in [0.1, 0.15) is 53.4 Å². The molecule has 3 aromatic rings. The smallest absolute Gasteiger partial charge is 0.259 e. The Morgan fingerprint density at radius 2 is 2.16 bits per heavy atom. The fourth-order valence-corrected chi connectivity index (χ4v) is 6.14. The van der Waals surface area contributed by atoms with E-state index in [1.54, 1.807) is 18.4 Å². The number of nitrogens with one attached hydrogen (secondary N) is 1. The molecule has 0 bridgehead atoms. The van der Waals surface area contributed by atoms with Crippen molar-refractivity contribution < 1.29 is 9.53 Å². The summed E-state index contributed by atoms with van der Waals surface area (Å²) in [5, 5.41) is 0.796. The standard InChI is InChI=1S/C24H27N3O3S/c1-30-17-8-4-6-15(12-17)13-20(28)27-11-5-7-16(14-27)22-25-23(29)21-18-9-2-3-10-19(18)31-24(21)26-22/h4,6,8,12,16H,2-3,5,7,9-11,13-14H2,1H3,(H,25,26,29)/t16-/m1/s1. The Labute approximate surface area is 185 Å². The number of H-pyrrole nitrogens is 1. The van der Waals surface area contributed by atoms with Gasteiger partial charge in [0.2, 0.25) is 5.91 Å². The van der Waals surface area contributed by atoms with Gasteiger partial charge in [-0.1, -0.05) is 12.1 Å².